The second-order valence-corrected chi connectivity index (χ2v) is 4.95. The van der Waals surface area contributed by atoms with Gasteiger partial charge in [0.1, 0.15) is 18.1 Å². The molecule has 0 aliphatic heterocycles. The number of nitrogens with zero attached hydrogens (tertiary/aromatic N) is 2. The maximum atomic E-state index is 5.82. The van der Waals surface area contributed by atoms with Gasteiger partial charge in [0.2, 0.25) is 0 Å². The molecule has 2 rings (SSSR count). The van der Waals surface area contributed by atoms with Crippen molar-refractivity contribution >= 4 is 6.08 Å². The van der Waals surface area contributed by atoms with Gasteiger partial charge in [-0.25, -0.2) is 9.13 Å². The molecule has 3 nitrogen and oxygen atoms in total. The fraction of sp³-hybridized carbons (Fsp3) is 0.353. The summed E-state index contributed by atoms with van der Waals surface area (Å²) in [7, 11) is 2.07. The van der Waals surface area contributed by atoms with E-state index in [1.54, 1.807) is 0 Å². The van der Waals surface area contributed by atoms with E-state index in [1.165, 1.54) is 5.82 Å². The second-order valence-electron chi connectivity index (χ2n) is 4.95. The summed E-state index contributed by atoms with van der Waals surface area (Å²) in [5.41, 5.74) is 1.06. The van der Waals surface area contributed by atoms with Crippen LogP contribution in [0.3, 0.4) is 0 Å². The predicted molar refractivity (Wildman–Crippen MR) is 81.6 cm³/mol. The zero-order valence-corrected chi connectivity index (χ0v) is 12.4. The van der Waals surface area contributed by atoms with E-state index in [4.69, 9.17) is 4.74 Å². The zero-order valence-electron chi connectivity index (χ0n) is 12.4. The van der Waals surface area contributed by atoms with Crippen LogP contribution in [0.5, 0.6) is 5.75 Å². The normalized spacial score (nSPS) is 10.5. The Morgan fingerprint density at radius 1 is 1.30 bits per heavy atom. The molecule has 0 atom stereocenters. The average molecular weight is 271 g/mol. The summed E-state index contributed by atoms with van der Waals surface area (Å²) in [5.74, 6) is 2.20. The Morgan fingerprint density at radius 3 is 2.80 bits per heavy atom. The van der Waals surface area contributed by atoms with Gasteiger partial charge in [-0.15, -0.1) is 0 Å². The number of para-hydroxylation sites is 1. The molecule has 0 spiro atoms. The van der Waals surface area contributed by atoms with Gasteiger partial charge in [0.15, 0.2) is 0 Å². The fourth-order valence-corrected chi connectivity index (χ4v) is 2.18. The lowest BCUT2D eigenvalue weighted by atomic mass is 10.2. The minimum Gasteiger partial charge on any atom is -0.493 e. The van der Waals surface area contributed by atoms with E-state index in [2.05, 4.69) is 42.1 Å². The standard InChI is InChI=1S/C17H23N2O/c1-4-16-9-5-6-10-17(16)20-14-8-7-11-19-13-12-18(3)15(19)2/h4-6,9-10,12-13H,1,7-8,11,14H2,2-3H3/q+1. The summed E-state index contributed by atoms with van der Waals surface area (Å²) in [6, 6.07) is 8.00. The largest absolute Gasteiger partial charge is 0.493 e. The number of benzene rings is 1. The smallest absolute Gasteiger partial charge is 0.253 e. The van der Waals surface area contributed by atoms with Crippen molar-refractivity contribution < 1.29 is 9.30 Å². The summed E-state index contributed by atoms with van der Waals surface area (Å²) < 4.78 is 10.2. The molecule has 1 aromatic carbocycles. The summed E-state index contributed by atoms with van der Waals surface area (Å²) in [6.07, 6.45) is 8.21. The Labute approximate surface area is 121 Å². The zero-order chi connectivity index (χ0) is 14.4. The van der Waals surface area contributed by atoms with E-state index in [9.17, 15) is 0 Å². The lowest BCUT2D eigenvalue weighted by molar-refractivity contribution is -0.677. The number of hydrogen-bond acceptors (Lipinski definition) is 1. The van der Waals surface area contributed by atoms with Crippen LogP contribution in [0.25, 0.3) is 6.08 Å². The number of aryl methyl sites for hydroxylation is 2. The van der Waals surface area contributed by atoms with Crippen LogP contribution >= 0.6 is 0 Å². The average Bonchev–Trinajstić information content (AvgIpc) is 2.79. The first-order valence-corrected chi connectivity index (χ1v) is 7.08. The van der Waals surface area contributed by atoms with E-state index < -0.39 is 0 Å². The quantitative estimate of drug-likeness (QED) is 0.559. The number of unbranched alkanes of at least 4 members (excludes halogenated alkanes) is 1. The maximum Gasteiger partial charge on any atom is 0.253 e. The predicted octanol–water partition coefficient (Wildman–Crippen LogP) is 3.12. The third-order valence-electron chi connectivity index (χ3n) is 3.59. The number of imidazole rings is 1. The number of aromatic nitrogens is 2. The molecule has 0 fully saturated rings. The van der Waals surface area contributed by atoms with Crippen molar-refractivity contribution in [2.24, 2.45) is 7.05 Å². The van der Waals surface area contributed by atoms with Crippen molar-refractivity contribution in [1.29, 1.82) is 0 Å². The minimum atomic E-state index is 0.747. The van der Waals surface area contributed by atoms with Gasteiger partial charge in [0.05, 0.1) is 20.2 Å². The van der Waals surface area contributed by atoms with Gasteiger partial charge >= 0.3 is 0 Å². The Bertz CT molecular complexity index is 572. The van der Waals surface area contributed by atoms with Crippen LogP contribution in [0.2, 0.25) is 0 Å². The van der Waals surface area contributed by atoms with Gasteiger partial charge in [-0.1, -0.05) is 30.9 Å². The summed E-state index contributed by atoms with van der Waals surface area (Å²) in [4.78, 5) is 0. The lowest BCUT2D eigenvalue weighted by Gasteiger charge is -2.08. The molecule has 3 heteroatoms. The van der Waals surface area contributed by atoms with E-state index >= 15 is 0 Å². The molecule has 0 radical (unpaired) electrons. The van der Waals surface area contributed by atoms with Crippen molar-refractivity contribution in [3.8, 4) is 5.75 Å². The molecular formula is C17H23N2O+. The SMILES string of the molecule is C=Cc1ccccc1OCCCCn1cc[n+](C)c1C. The highest BCUT2D eigenvalue weighted by atomic mass is 16.5. The first kappa shape index (κ1) is 14.4. The molecule has 0 unspecified atom stereocenters. The highest BCUT2D eigenvalue weighted by Gasteiger charge is 2.07. The van der Waals surface area contributed by atoms with Crippen molar-refractivity contribution in [3.05, 3.63) is 54.6 Å². The molecule has 2 aromatic rings. The third-order valence-corrected chi connectivity index (χ3v) is 3.59. The van der Waals surface area contributed by atoms with Crippen molar-refractivity contribution in [2.75, 3.05) is 6.61 Å². The fourth-order valence-electron chi connectivity index (χ4n) is 2.18. The molecular weight excluding hydrogens is 248 g/mol. The Hall–Kier alpha value is -2.03. The van der Waals surface area contributed by atoms with E-state index in [-0.39, 0.29) is 0 Å². The van der Waals surface area contributed by atoms with Crippen molar-refractivity contribution in [1.82, 2.24) is 4.57 Å². The van der Waals surface area contributed by atoms with Crippen LogP contribution in [-0.4, -0.2) is 11.2 Å². The van der Waals surface area contributed by atoms with Gasteiger partial charge in [-0.3, -0.25) is 0 Å². The molecule has 0 amide bonds. The maximum absolute atomic E-state index is 5.82. The van der Waals surface area contributed by atoms with Crippen LogP contribution in [0, 0.1) is 6.92 Å². The minimum absolute atomic E-state index is 0.747. The number of ether oxygens (including phenoxy) is 1. The van der Waals surface area contributed by atoms with E-state index in [0.29, 0.717) is 0 Å². The summed E-state index contributed by atoms with van der Waals surface area (Å²) in [6.45, 7) is 7.73. The first-order chi connectivity index (χ1) is 9.72. The monoisotopic (exact) mass is 271 g/mol. The molecule has 20 heavy (non-hydrogen) atoms. The Morgan fingerprint density at radius 2 is 2.10 bits per heavy atom. The first-order valence-electron chi connectivity index (χ1n) is 7.08. The molecule has 106 valence electrons. The Kier molecular flexibility index (Phi) is 4.99. The van der Waals surface area contributed by atoms with Gasteiger partial charge in [0.25, 0.3) is 5.82 Å². The highest BCUT2D eigenvalue weighted by Crippen LogP contribution is 2.19. The molecule has 0 bridgehead atoms. The lowest BCUT2D eigenvalue weighted by Crippen LogP contribution is -2.29. The van der Waals surface area contributed by atoms with Crippen molar-refractivity contribution in [3.63, 3.8) is 0 Å². The van der Waals surface area contributed by atoms with Crippen molar-refractivity contribution in [2.45, 2.75) is 26.3 Å². The summed E-state index contributed by atoms with van der Waals surface area (Å²) in [5, 5.41) is 0. The van der Waals surface area contributed by atoms with Crippen LogP contribution < -0.4 is 9.30 Å². The number of hydrogen-bond donors (Lipinski definition) is 0. The van der Waals surface area contributed by atoms with Crippen LogP contribution in [-0.2, 0) is 13.6 Å². The van der Waals surface area contributed by atoms with Crippen LogP contribution in [0.4, 0.5) is 0 Å². The molecule has 1 aromatic heterocycles. The third kappa shape index (κ3) is 3.50. The molecule has 1 heterocycles. The Balaban J connectivity index is 1.74. The van der Waals surface area contributed by atoms with E-state index in [0.717, 1.165) is 37.3 Å². The molecule has 0 N–H and O–H groups in total. The molecule has 0 saturated heterocycles. The summed E-state index contributed by atoms with van der Waals surface area (Å²) >= 11 is 0. The molecule has 0 aliphatic rings. The van der Waals surface area contributed by atoms with Gasteiger partial charge in [-0.2, -0.15) is 0 Å². The van der Waals surface area contributed by atoms with E-state index in [1.807, 2.05) is 30.3 Å². The van der Waals surface area contributed by atoms with Crippen LogP contribution in [0.1, 0.15) is 24.2 Å². The number of rotatable bonds is 7. The van der Waals surface area contributed by atoms with Gasteiger partial charge in [0, 0.05) is 12.5 Å². The molecule has 0 saturated carbocycles. The highest BCUT2D eigenvalue weighted by molar-refractivity contribution is 5.55. The molecule has 0 aliphatic carbocycles. The van der Waals surface area contributed by atoms with Gasteiger partial charge < -0.3 is 4.74 Å². The second kappa shape index (κ2) is 6.94. The van der Waals surface area contributed by atoms with Gasteiger partial charge in [-0.05, 0) is 18.9 Å². The topological polar surface area (TPSA) is 18.0 Å². The van der Waals surface area contributed by atoms with Crippen LogP contribution in [0.15, 0.2) is 43.2 Å².